The predicted molar refractivity (Wildman–Crippen MR) is 97.5 cm³/mol. The van der Waals surface area contributed by atoms with Crippen LogP contribution in [0.15, 0.2) is 48.5 Å². The molecule has 2 aromatic carbocycles. The number of rotatable bonds is 9. The first-order chi connectivity index (χ1) is 12.1. The molecule has 0 aromatic heterocycles. The van der Waals surface area contributed by atoms with Gasteiger partial charge >= 0.3 is 0 Å². The number of nitrogens with one attached hydrogen (secondary N) is 1. The largest absolute Gasteiger partial charge is 0.493 e. The van der Waals surface area contributed by atoms with E-state index in [-0.39, 0.29) is 12.5 Å². The molecule has 0 radical (unpaired) electrons. The number of para-hydroxylation sites is 2. The maximum Gasteiger partial charge on any atom is 0.258 e. The molecule has 25 heavy (non-hydrogen) atoms. The fourth-order valence-corrected chi connectivity index (χ4v) is 2.24. The van der Waals surface area contributed by atoms with Crippen molar-refractivity contribution in [2.75, 3.05) is 26.9 Å². The van der Waals surface area contributed by atoms with E-state index < -0.39 is 0 Å². The van der Waals surface area contributed by atoms with E-state index in [2.05, 4.69) is 19.2 Å². The maximum atomic E-state index is 11.8. The second-order valence-electron chi connectivity index (χ2n) is 5.86. The number of hydrogen-bond acceptors (Lipinski definition) is 4. The Morgan fingerprint density at radius 1 is 1.00 bits per heavy atom. The fraction of sp³-hybridized carbons (Fsp3) is 0.350. The van der Waals surface area contributed by atoms with E-state index in [1.165, 1.54) is 5.56 Å². The molecule has 0 saturated heterocycles. The van der Waals surface area contributed by atoms with Crippen molar-refractivity contribution in [3.05, 3.63) is 54.1 Å². The number of hydrogen-bond donors (Lipinski definition) is 1. The number of amides is 1. The third kappa shape index (κ3) is 6.03. The van der Waals surface area contributed by atoms with Gasteiger partial charge < -0.3 is 19.5 Å². The Morgan fingerprint density at radius 3 is 2.32 bits per heavy atom. The Morgan fingerprint density at radius 2 is 1.68 bits per heavy atom. The first kappa shape index (κ1) is 18.6. The fourth-order valence-electron chi connectivity index (χ4n) is 2.24. The van der Waals surface area contributed by atoms with E-state index in [9.17, 15) is 4.79 Å². The van der Waals surface area contributed by atoms with Crippen molar-refractivity contribution in [2.24, 2.45) is 0 Å². The van der Waals surface area contributed by atoms with Gasteiger partial charge in [-0.2, -0.15) is 0 Å². The summed E-state index contributed by atoms with van der Waals surface area (Å²) in [6, 6.07) is 15.2. The number of carbonyl (C=O) groups is 1. The molecule has 1 N–H and O–H groups in total. The van der Waals surface area contributed by atoms with E-state index in [0.717, 1.165) is 0 Å². The SMILES string of the molecule is COc1ccccc1OCCNC(=O)COc1ccc(C(C)C)cc1. The van der Waals surface area contributed by atoms with Crippen LogP contribution in [0.4, 0.5) is 0 Å². The molecule has 134 valence electrons. The highest BCUT2D eigenvalue weighted by Gasteiger charge is 2.05. The van der Waals surface area contributed by atoms with Gasteiger partial charge in [-0.15, -0.1) is 0 Å². The van der Waals surface area contributed by atoms with Crippen molar-refractivity contribution in [3.8, 4) is 17.2 Å². The standard InChI is InChI=1S/C20H25NO4/c1-15(2)16-8-10-17(11-9-16)25-14-20(22)21-12-13-24-19-7-5-4-6-18(19)23-3/h4-11,15H,12-14H2,1-3H3,(H,21,22). The van der Waals surface area contributed by atoms with Crippen LogP contribution in [-0.4, -0.2) is 32.8 Å². The molecule has 0 saturated carbocycles. The zero-order chi connectivity index (χ0) is 18.1. The van der Waals surface area contributed by atoms with Crippen LogP contribution in [0.3, 0.4) is 0 Å². The summed E-state index contributed by atoms with van der Waals surface area (Å²) in [6.45, 7) is 5.00. The summed E-state index contributed by atoms with van der Waals surface area (Å²) in [5, 5.41) is 2.76. The molecule has 5 nitrogen and oxygen atoms in total. The average molecular weight is 343 g/mol. The molecule has 0 spiro atoms. The molecule has 0 aliphatic rings. The molecule has 1 amide bonds. The quantitative estimate of drug-likeness (QED) is 0.709. The van der Waals surface area contributed by atoms with Crippen LogP contribution in [0.5, 0.6) is 17.2 Å². The number of carbonyl (C=O) groups excluding carboxylic acids is 1. The van der Waals surface area contributed by atoms with Crippen LogP contribution in [0.1, 0.15) is 25.3 Å². The zero-order valence-electron chi connectivity index (χ0n) is 15.0. The molecule has 0 unspecified atom stereocenters. The molecular formula is C20H25NO4. The lowest BCUT2D eigenvalue weighted by Gasteiger charge is -2.11. The lowest BCUT2D eigenvalue weighted by molar-refractivity contribution is -0.123. The normalized spacial score (nSPS) is 10.4. The Labute approximate surface area is 148 Å². The van der Waals surface area contributed by atoms with Gasteiger partial charge in [0, 0.05) is 0 Å². The summed E-state index contributed by atoms with van der Waals surface area (Å²) in [7, 11) is 1.59. The van der Waals surface area contributed by atoms with Crippen LogP contribution in [0.2, 0.25) is 0 Å². The molecule has 2 rings (SSSR count). The second-order valence-corrected chi connectivity index (χ2v) is 5.86. The smallest absolute Gasteiger partial charge is 0.258 e. The van der Waals surface area contributed by atoms with Crippen LogP contribution in [0.25, 0.3) is 0 Å². The monoisotopic (exact) mass is 343 g/mol. The summed E-state index contributed by atoms with van der Waals surface area (Å²) in [6.07, 6.45) is 0. The maximum absolute atomic E-state index is 11.8. The van der Waals surface area contributed by atoms with Gasteiger partial charge in [0.15, 0.2) is 18.1 Å². The van der Waals surface area contributed by atoms with Gasteiger partial charge in [0.1, 0.15) is 12.4 Å². The first-order valence-electron chi connectivity index (χ1n) is 8.35. The van der Waals surface area contributed by atoms with E-state index in [1.807, 2.05) is 48.5 Å². The van der Waals surface area contributed by atoms with Crippen LogP contribution in [-0.2, 0) is 4.79 Å². The van der Waals surface area contributed by atoms with Gasteiger partial charge in [0.05, 0.1) is 13.7 Å². The van der Waals surface area contributed by atoms with E-state index in [1.54, 1.807) is 7.11 Å². The van der Waals surface area contributed by atoms with Gasteiger partial charge in [-0.05, 0) is 35.7 Å². The molecule has 0 aliphatic carbocycles. The van der Waals surface area contributed by atoms with Crippen molar-refractivity contribution >= 4 is 5.91 Å². The third-order valence-electron chi connectivity index (χ3n) is 3.67. The molecular weight excluding hydrogens is 318 g/mol. The van der Waals surface area contributed by atoms with Gasteiger partial charge in [-0.1, -0.05) is 38.1 Å². The van der Waals surface area contributed by atoms with Gasteiger partial charge in [-0.25, -0.2) is 0 Å². The van der Waals surface area contributed by atoms with Crippen molar-refractivity contribution < 1.29 is 19.0 Å². The van der Waals surface area contributed by atoms with Crippen LogP contribution in [0, 0.1) is 0 Å². The Kier molecular flexibility index (Phi) is 7.14. The zero-order valence-corrected chi connectivity index (χ0v) is 15.0. The van der Waals surface area contributed by atoms with Gasteiger partial charge in [-0.3, -0.25) is 4.79 Å². The molecule has 0 atom stereocenters. The molecule has 0 fully saturated rings. The Bertz CT molecular complexity index is 668. The predicted octanol–water partition coefficient (Wildman–Crippen LogP) is 3.39. The molecule has 5 heteroatoms. The second kappa shape index (κ2) is 9.57. The van der Waals surface area contributed by atoms with Crippen molar-refractivity contribution in [3.63, 3.8) is 0 Å². The van der Waals surface area contributed by atoms with Crippen molar-refractivity contribution in [2.45, 2.75) is 19.8 Å². The van der Waals surface area contributed by atoms with E-state index >= 15 is 0 Å². The van der Waals surface area contributed by atoms with Crippen LogP contribution >= 0.6 is 0 Å². The first-order valence-corrected chi connectivity index (χ1v) is 8.35. The lowest BCUT2D eigenvalue weighted by Crippen LogP contribution is -2.32. The summed E-state index contributed by atoms with van der Waals surface area (Å²) >= 11 is 0. The molecule has 0 heterocycles. The summed E-state index contributed by atoms with van der Waals surface area (Å²) < 4.78 is 16.3. The highest BCUT2D eigenvalue weighted by Crippen LogP contribution is 2.25. The highest BCUT2D eigenvalue weighted by atomic mass is 16.5. The van der Waals surface area contributed by atoms with E-state index in [0.29, 0.717) is 36.3 Å². The topological polar surface area (TPSA) is 56.8 Å². The molecule has 2 aromatic rings. The van der Waals surface area contributed by atoms with Crippen molar-refractivity contribution in [1.29, 1.82) is 0 Å². The number of methoxy groups -OCH3 is 1. The minimum absolute atomic E-state index is 0.0182. The minimum Gasteiger partial charge on any atom is -0.493 e. The highest BCUT2D eigenvalue weighted by molar-refractivity contribution is 5.77. The average Bonchev–Trinajstić information content (AvgIpc) is 2.64. The minimum atomic E-state index is -0.184. The number of benzene rings is 2. The third-order valence-corrected chi connectivity index (χ3v) is 3.67. The Balaban J connectivity index is 1.67. The summed E-state index contributed by atoms with van der Waals surface area (Å²) in [5.74, 6) is 2.30. The van der Waals surface area contributed by atoms with E-state index in [4.69, 9.17) is 14.2 Å². The van der Waals surface area contributed by atoms with Crippen LogP contribution < -0.4 is 19.5 Å². The molecule has 0 aliphatic heterocycles. The van der Waals surface area contributed by atoms with Gasteiger partial charge in [0.2, 0.25) is 0 Å². The van der Waals surface area contributed by atoms with Crippen molar-refractivity contribution in [1.82, 2.24) is 5.32 Å². The number of ether oxygens (including phenoxy) is 3. The Hall–Kier alpha value is -2.69. The summed E-state index contributed by atoms with van der Waals surface area (Å²) in [5.41, 5.74) is 1.24. The van der Waals surface area contributed by atoms with Gasteiger partial charge in [0.25, 0.3) is 5.91 Å². The molecule has 0 bridgehead atoms. The summed E-state index contributed by atoms with van der Waals surface area (Å²) in [4.78, 5) is 11.8. The lowest BCUT2D eigenvalue weighted by atomic mass is 10.0.